The zero-order valence-electron chi connectivity index (χ0n) is 13.8. The second-order valence-electron chi connectivity index (χ2n) is 7.95. The molecule has 0 amide bonds. The molecule has 0 spiro atoms. The molecular weight excluding hydrogens is 278 g/mol. The molecule has 0 aromatic carbocycles. The molecule has 3 saturated carbocycles. The van der Waals surface area contributed by atoms with Crippen LogP contribution in [0.1, 0.15) is 70.6 Å². The molecule has 2 heteroatoms. The first-order valence-electron chi connectivity index (χ1n) is 9.42. The van der Waals surface area contributed by atoms with Crippen molar-refractivity contribution in [1.29, 1.82) is 0 Å². The fourth-order valence-corrected chi connectivity index (χ4v) is 5.19. The Morgan fingerprint density at radius 3 is 2.00 bits per heavy atom. The summed E-state index contributed by atoms with van der Waals surface area (Å²) in [6.45, 7) is 3.93. The summed E-state index contributed by atoms with van der Waals surface area (Å²) in [4.78, 5) is 0. The number of allylic oxidation sites excluding steroid dienone is 1. The maximum atomic E-state index is 13.6. The zero-order chi connectivity index (χ0) is 15.5. The summed E-state index contributed by atoms with van der Waals surface area (Å²) in [6.07, 6.45) is 11.8. The lowest BCUT2D eigenvalue weighted by Gasteiger charge is -2.40. The SMILES string of the molecule is C=CC1CCC(C2CC[C](C3CCC(F)C(F)C3)CC2)CC1. The molecule has 3 unspecified atom stereocenters. The first-order valence-corrected chi connectivity index (χ1v) is 9.42. The van der Waals surface area contributed by atoms with Crippen LogP contribution in [0.4, 0.5) is 8.78 Å². The van der Waals surface area contributed by atoms with Gasteiger partial charge in [0.2, 0.25) is 0 Å². The predicted octanol–water partition coefficient (Wildman–Crippen LogP) is 6.22. The highest BCUT2D eigenvalue weighted by atomic mass is 19.2. The highest BCUT2D eigenvalue weighted by Gasteiger charge is 2.37. The Morgan fingerprint density at radius 1 is 0.773 bits per heavy atom. The van der Waals surface area contributed by atoms with E-state index in [2.05, 4.69) is 12.7 Å². The molecule has 0 saturated heterocycles. The van der Waals surface area contributed by atoms with Crippen molar-refractivity contribution in [3.63, 3.8) is 0 Å². The number of rotatable bonds is 3. The van der Waals surface area contributed by atoms with Crippen LogP contribution in [-0.2, 0) is 0 Å². The van der Waals surface area contributed by atoms with Crippen LogP contribution in [0.5, 0.6) is 0 Å². The molecule has 0 aliphatic heterocycles. The third-order valence-corrected chi connectivity index (χ3v) is 6.76. The summed E-state index contributed by atoms with van der Waals surface area (Å²) in [7, 11) is 0. The third kappa shape index (κ3) is 3.74. The van der Waals surface area contributed by atoms with Gasteiger partial charge in [-0.25, -0.2) is 8.78 Å². The van der Waals surface area contributed by atoms with Crippen LogP contribution in [0, 0.1) is 29.6 Å². The average molecular weight is 309 g/mol. The Balaban J connectivity index is 1.44. The van der Waals surface area contributed by atoms with Gasteiger partial charge in [0, 0.05) is 0 Å². The molecule has 3 aliphatic carbocycles. The highest BCUT2D eigenvalue weighted by Crippen LogP contribution is 2.46. The van der Waals surface area contributed by atoms with E-state index in [1.165, 1.54) is 51.4 Å². The third-order valence-electron chi connectivity index (χ3n) is 6.76. The van der Waals surface area contributed by atoms with E-state index in [-0.39, 0.29) is 0 Å². The predicted molar refractivity (Wildman–Crippen MR) is 88.0 cm³/mol. The smallest absolute Gasteiger partial charge is 0.131 e. The largest absolute Gasteiger partial charge is 0.244 e. The summed E-state index contributed by atoms with van der Waals surface area (Å²) in [6, 6.07) is 0. The second-order valence-corrected chi connectivity index (χ2v) is 7.95. The standard InChI is InChI=1S/C20H31F2/c1-2-14-3-5-15(6-4-14)16-7-9-17(10-8-16)18-11-12-19(21)20(22)13-18/h2,14-16,18-20H,1,3-13H2. The van der Waals surface area contributed by atoms with Crippen LogP contribution in [0.3, 0.4) is 0 Å². The molecule has 0 nitrogen and oxygen atoms in total. The molecule has 0 aromatic heterocycles. The van der Waals surface area contributed by atoms with Crippen LogP contribution in [0.25, 0.3) is 0 Å². The highest BCUT2D eigenvalue weighted by molar-refractivity contribution is 5.04. The average Bonchev–Trinajstić information content (AvgIpc) is 2.58. The molecule has 1 radical (unpaired) electrons. The summed E-state index contributed by atoms with van der Waals surface area (Å²) in [5.41, 5.74) is 0. The van der Waals surface area contributed by atoms with Crippen LogP contribution < -0.4 is 0 Å². The number of alkyl halides is 2. The number of hydrogen-bond donors (Lipinski definition) is 0. The van der Waals surface area contributed by atoms with Crippen LogP contribution in [0.15, 0.2) is 12.7 Å². The van der Waals surface area contributed by atoms with E-state index in [1.54, 1.807) is 5.92 Å². The molecule has 0 N–H and O–H groups in total. The molecule has 0 bridgehead atoms. The minimum Gasteiger partial charge on any atom is -0.244 e. The minimum absolute atomic E-state index is 0.374. The fraction of sp³-hybridized carbons (Fsp3) is 0.850. The van der Waals surface area contributed by atoms with Crippen molar-refractivity contribution >= 4 is 0 Å². The number of hydrogen-bond acceptors (Lipinski definition) is 0. The van der Waals surface area contributed by atoms with Gasteiger partial charge in [0.1, 0.15) is 12.3 Å². The van der Waals surface area contributed by atoms with Gasteiger partial charge in [-0.2, -0.15) is 0 Å². The van der Waals surface area contributed by atoms with E-state index in [4.69, 9.17) is 0 Å². The van der Waals surface area contributed by atoms with Crippen LogP contribution in [0.2, 0.25) is 0 Å². The molecule has 0 aromatic rings. The Labute approximate surface area is 134 Å². The molecule has 3 fully saturated rings. The van der Waals surface area contributed by atoms with Crippen molar-refractivity contribution in [1.82, 2.24) is 0 Å². The molecule has 125 valence electrons. The first kappa shape index (κ1) is 16.5. The lowest BCUT2D eigenvalue weighted by atomic mass is 9.65. The quantitative estimate of drug-likeness (QED) is 0.543. The van der Waals surface area contributed by atoms with Gasteiger partial charge in [0.25, 0.3) is 0 Å². The van der Waals surface area contributed by atoms with Gasteiger partial charge < -0.3 is 0 Å². The van der Waals surface area contributed by atoms with Gasteiger partial charge in [0.05, 0.1) is 0 Å². The Morgan fingerprint density at radius 2 is 1.41 bits per heavy atom. The summed E-state index contributed by atoms with van der Waals surface area (Å²) >= 11 is 0. The zero-order valence-corrected chi connectivity index (χ0v) is 13.8. The van der Waals surface area contributed by atoms with Crippen molar-refractivity contribution < 1.29 is 8.78 Å². The van der Waals surface area contributed by atoms with Crippen molar-refractivity contribution in [3.05, 3.63) is 18.6 Å². The van der Waals surface area contributed by atoms with E-state index in [0.717, 1.165) is 24.2 Å². The van der Waals surface area contributed by atoms with E-state index in [0.29, 0.717) is 18.8 Å². The lowest BCUT2D eigenvalue weighted by molar-refractivity contribution is 0.0846. The van der Waals surface area contributed by atoms with Crippen molar-refractivity contribution in [2.24, 2.45) is 23.7 Å². The van der Waals surface area contributed by atoms with Gasteiger partial charge in [-0.1, -0.05) is 6.08 Å². The van der Waals surface area contributed by atoms with E-state index in [9.17, 15) is 8.78 Å². The molecule has 22 heavy (non-hydrogen) atoms. The maximum absolute atomic E-state index is 13.6. The molecule has 3 rings (SSSR count). The molecule has 0 heterocycles. The Bertz CT molecular complexity index is 351. The number of halogens is 2. The van der Waals surface area contributed by atoms with Gasteiger partial charge >= 0.3 is 0 Å². The van der Waals surface area contributed by atoms with Gasteiger partial charge in [-0.15, -0.1) is 6.58 Å². The first-order chi connectivity index (χ1) is 10.7. The Kier molecular flexibility index (Phi) is 5.57. The van der Waals surface area contributed by atoms with Gasteiger partial charge in [0.15, 0.2) is 0 Å². The van der Waals surface area contributed by atoms with E-state index in [1.807, 2.05) is 0 Å². The summed E-state index contributed by atoms with van der Waals surface area (Å²) in [5, 5.41) is 0. The van der Waals surface area contributed by atoms with Gasteiger partial charge in [-0.3, -0.25) is 0 Å². The van der Waals surface area contributed by atoms with Gasteiger partial charge in [-0.05, 0) is 100 Å². The van der Waals surface area contributed by atoms with E-state index >= 15 is 0 Å². The maximum Gasteiger partial charge on any atom is 0.131 e. The summed E-state index contributed by atoms with van der Waals surface area (Å²) < 4.78 is 26.9. The molecular formula is C20H31F2. The topological polar surface area (TPSA) is 0 Å². The Hall–Kier alpha value is -0.400. The van der Waals surface area contributed by atoms with Crippen LogP contribution in [-0.4, -0.2) is 12.3 Å². The minimum atomic E-state index is -1.21. The fourth-order valence-electron chi connectivity index (χ4n) is 5.19. The lowest BCUT2D eigenvalue weighted by Crippen LogP contribution is -2.33. The molecule has 3 aliphatic rings. The summed E-state index contributed by atoms with van der Waals surface area (Å²) in [5.74, 6) is 4.48. The van der Waals surface area contributed by atoms with Crippen LogP contribution >= 0.6 is 0 Å². The van der Waals surface area contributed by atoms with Crippen molar-refractivity contribution in [2.45, 2.75) is 83.0 Å². The van der Waals surface area contributed by atoms with Crippen molar-refractivity contribution in [2.75, 3.05) is 0 Å². The second kappa shape index (κ2) is 7.45. The van der Waals surface area contributed by atoms with Crippen molar-refractivity contribution in [3.8, 4) is 0 Å². The van der Waals surface area contributed by atoms with E-state index < -0.39 is 12.3 Å². The molecule has 3 atom stereocenters. The normalized spacial score (nSPS) is 42.2. The monoisotopic (exact) mass is 309 g/mol.